The quantitative estimate of drug-likeness (QED) is 0.339. The number of aliphatic hydroxyl groups is 1. The summed E-state index contributed by atoms with van der Waals surface area (Å²) in [6, 6.07) is 0. The Morgan fingerprint density at radius 1 is 1.00 bits per heavy atom. The Morgan fingerprint density at radius 3 is 2.41 bits per heavy atom. The average Bonchev–Trinajstić information content (AvgIpc) is 2.53. The van der Waals surface area contributed by atoms with Gasteiger partial charge in [0.1, 0.15) is 0 Å². The number of unbranched alkanes of at least 4 members (excludes halogenated alkanes) is 8. The molecule has 0 saturated heterocycles. The molecular formula is C19H37NO2. The van der Waals surface area contributed by atoms with Crippen LogP contribution in [-0.2, 0) is 4.79 Å². The van der Waals surface area contributed by atoms with Gasteiger partial charge < -0.3 is 10.4 Å². The molecule has 22 heavy (non-hydrogen) atoms. The van der Waals surface area contributed by atoms with Crippen molar-refractivity contribution in [3.05, 3.63) is 12.2 Å². The molecule has 0 radical (unpaired) electrons. The predicted molar refractivity (Wildman–Crippen MR) is 94.9 cm³/mol. The van der Waals surface area contributed by atoms with Crippen molar-refractivity contribution in [3.63, 3.8) is 0 Å². The van der Waals surface area contributed by atoms with Gasteiger partial charge in [0.05, 0.1) is 6.10 Å². The van der Waals surface area contributed by atoms with Crippen LogP contribution in [0.2, 0.25) is 0 Å². The number of rotatable bonds is 15. The summed E-state index contributed by atoms with van der Waals surface area (Å²) >= 11 is 0. The number of allylic oxidation sites excluding steroid dienone is 1. The molecule has 3 heteroatoms. The Labute approximate surface area is 137 Å². The second-order valence-corrected chi connectivity index (χ2v) is 6.19. The summed E-state index contributed by atoms with van der Waals surface area (Å²) in [6.45, 7) is 2.21. The molecule has 0 aromatic rings. The molecule has 0 aliphatic heterocycles. The zero-order chi connectivity index (χ0) is 16.5. The van der Waals surface area contributed by atoms with Crippen LogP contribution in [0.25, 0.3) is 0 Å². The van der Waals surface area contributed by atoms with Crippen molar-refractivity contribution >= 4 is 5.91 Å². The van der Waals surface area contributed by atoms with Gasteiger partial charge in [-0.2, -0.15) is 0 Å². The molecule has 0 unspecified atom stereocenters. The lowest BCUT2D eigenvalue weighted by Gasteiger charge is -2.07. The fraction of sp³-hybridized carbons (Fsp3) is 0.842. The molecule has 1 atom stereocenters. The largest absolute Gasteiger partial charge is 0.393 e. The van der Waals surface area contributed by atoms with E-state index in [9.17, 15) is 9.90 Å². The fourth-order valence-electron chi connectivity index (χ4n) is 2.50. The highest BCUT2D eigenvalue weighted by atomic mass is 16.3. The highest BCUT2D eigenvalue weighted by Crippen LogP contribution is 2.10. The molecule has 0 bridgehead atoms. The number of nitrogens with one attached hydrogen (secondary N) is 1. The maximum atomic E-state index is 11.0. The van der Waals surface area contributed by atoms with Crippen molar-refractivity contribution in [1.29, 1.82) is 0 Å². The summed E-state index contributed by atoms with van der Waals surface area (Å²) in [6.07, 6.45) is 18.4. The maximum absolute atomic E-state index is 11.0. The molecule has 0 saturated carbocycles. The number of carbonyl (C=O) groups is 1. The number of amides is 1. The number of aliphatic hydroxyl groups excluding tert-OH is 1. The van der Waals surface area contributed by atoms with E-state index < -0.39 is 0 Å². The summed E-state index contributed by atoms with van der Waals surface area (Å²) < 4.78 is 0. The van der Waals surface area contributed by atoms with Gasteiger partial charge >= 0.3 is 0 Å². The maximum Gasteiger partial charge on any atom is 0.219 e. The molecule has 0 heterocycles. The molecule has 0 rings (SSSR count). The molecule has 2 N–H and O–H groups in total. The van der Waals surface area contributed by atoms with Crippen molar-refractivity contribution in [2.75, 3.05) is 7.05 Å². The van der Waals surface area contributed by atoms with E-state index in [4.69, 9.17) is 0 Å². The molecule has 0 aliphatic carbocycles. The summed E-state index contributed by atoms with van der Waals surface area (Å²) in [4.78, 5) is 11.0. The van der Waals surface area contributed by atoms with Gasteiger partial charge in [-0.05, 0) is 32.1 Å². The number of hydrogen-bond acceptors (Lipinski definition) is 2. The van der Waals surface area contributed by atoms with E-state index in [1.807, 2.05) is 0 Å². The van der Waals surface area contributed by atoms with Crippen LogP contribution in [0, 0.1) is 0 Å². The minimum atomic E-state index is -0.155. The highest BCUT2D eigenvalue weighted by Gasteiger charge is 2.00. The van der Waals surface area contributed by atoms with Crippen LogP contribution in [0.3, 0.4) is 0 Å². The first-order chi connectivity index (χ1) is 10.7. The third-order valence-electron chi connectivity index (χ3n) is 4.02. The molecule has 3 nitrogen and oxygen atoms in total. The van der Waals surface area contributed by atoms with E-state index >= 15 is 0 Å². The fourth-order valence-corrected chi connectivity index (χ4v) is 2.50. The first-order valence-corrected chi connectivity index (χ1v) is 9.24. The minimum Gasteiger partial charge on any atom is -0.393 e. The average molecular weight is 312 g/mol. The third kappa shape index (κ3) is 15.6. The van der Waals surface area contributed by atoms with E-state index in [2.05, 4.69) is 24.4 Å². The molecule has 0 spiro atoms. The van der Waals surface area contributed by atoms with Gasteiger partial charge in [-0.25, -0.2) is 0 Å². The lowest BCUT2D eigenvalue weighted by atomic mass is 10.1. The first kappa shape index (κ1) is 21.2. The van der Waals surface area contributed by atoms with Crippen LogP contribution in [0.15, 0.2) is 12.2 Å². The molecule has 0 aromatic heterocycles. The van der Waals surface area contributed by atoms with Gasteiger partial charge in [0.15, 0.2) is 0 Å². The van der Waals surface area contributed by atoms with Crippen molar-refractivity contribution in [2.45, 2.75) is 96.5 Å². The number of hydrogen-bond donors (Lipinski definition) is 2. The summed E-state index contributed by atoms with van der Waals surface area (Å²) in [7, 11) is 1.69. The van der Waals surface area contributed by atoms with Gasteiger partial charge in [0.2, 0.25) is 5.91 Å². The highest BCUT2D eigenvalue weighted by molar-refractivity contribution is 5.75. The SMILES string of the molecule is CCCCCC[C@H](O)C/C=C\CCCCCCCC(=O)NC. The molecular weight excluding hydrogens is 274 g/mol. The topological polar surface area (TPSA) is 49.3 Å². The van der Waals surface area contributed by atoms with Crippen molar-refractivity contribution in [3.8, 4) is 0 Å². The Hall–Kier alpha value is -0.830. The summed E-state index contributed by atoms with van der Waals surface area (Å²) in [5, 5.41) is 12.5. The van der Waals surface area contributed by atoms with Crippen LogP contribution in [0.5, 0.6) is 0 Å². The van der Waals surface area contributed by atoms with Crippen LogP contribution < -0.4 is 5.32 Å². The van der Waals surface area contributed by atoms with Gasteiger partial charge in [-0.15, -0.1) is 0 Å². The van der Waals surface area contributed by atoms with E-state index in [0.29, 0.717) is 6.42 Å². The Bertz CT molecular complexity index is 277. The van der Waals surface area contributed by atoms with Gasteiger partial charge in [-0.1, -0.05) is 64.0 Å². The van der Waals surface area contributed by atoms with E-state index in [1.54, 1.807) is 7.05 Å². The first-order valence-electron chi connectivity index (χ1n) is 9.24. The van der Waals surface area contributed by atoms with Crippen molar-refractivity contribution in [2.24, 2.45) is 0 Å². The molecule has 0 aliphatic rings. The summed E-state index contributed by atoms with van der Waals surface area (Å²) in [5.74, 6) is 0.149. The zero-order valence-corrected chi connectivity index (χ0v) is 14.8. The standard InChI is InChI=1S/C19H37NO2/c1-3-4-5-12-15-18(21)16-13-10-8-6-7-9-11-14-17-19(22)20-2/h10,13,18,21H,3-9,11-12,14-17H2,1-2H3,(H,20,22)/b13-10-/t18-/m0/s1. The lowest BCUT2D eigenvalue weighted by molar-refractivity contribution is -0.120. The second kappa shape index (κ2) is 16.5. The van der Waals surface area contributed by atoms with Gasteiger partial charge in [0, 0.05) is 13.5 Å². The molecule has 0 aromatic carbocycles. The zero-order valence-electron chi connectivity index (χ0n) is 14.8. The monoisotopic (exact) mass is 311 g/mol. The van der Waals surface area contributed by atoms with Crippen LogP contribution in [-0.4, -0.2) is 24.2 Å². The van der Waals surface area contributed by atoms with E-state index in [0.717, 1.165) is 38.5 Å². The Balaban J connectivity index is 3.28. The predicted octanol–water partition coefficient (Wildman–Crippen LogP) is 4.74. The Morgan fingerprint density at radius 2 is 1.68 bits per heavy atom. The Kier molecular flexibility index (Phi) is 15.9. The molecule has 1 amide bonds. The van der Waals surface area contributed by atoms with Gasteiger partial charge in [-0.3, -0.25) is 4.79 Å². The van der Waals surface area contributed by atoms with E-state index in [-0.39, 0.29) is 12.0 Å². The van der Waals surface area contributed by atoms with Crippen molar-refractivity contribution < 1.29 is 9.90 Å². The van der Waals surface area contributed by atoms with Crippen molar-refractivity contribution in [1.82, 2.24) is 5.32 Å². The third-order valence-corrected chi connectivity index (χ3v) is 4.02. The second-order valence-electron chi connectivity index (χ2n) is 6.19. The normalized spacial score (nSPS) is 12.7. The smallest absolute Gasteiger partial charge is 0.219 e. The van der Waals surface area contributed by atoms with E-state index in [1.165, 1.54) is 38.5 Å². The van der Waals surface area contributed by atoms with Gasteiger partial charge in [0.25, 0.3) is 0 Å². The lowest BCUT2D eigenvalue weighted by Crippen LogP contribution is -2.16. The van der Waals surface area contributed by atoms with Crippen LogP contribution in [0.4, 0.5) is 0 Å². The number of carbonyl (C=O) groups excluding carboxylic acids is 1. The van der Waals surface area contributed by atoms with Crippen LogP contribution in [0.1, 0.15) is 90.4 Å². The van der Waals surface area contributed by atoms with Crippen LogP contribution >= 0.6 is 0 Å². The minimum absolute atomic E-state index is 0.149. The molecule has 0 fully saturated rings. The summed E-state index contributed by atoms with van der Waals surface area (Å²) in [5.41, 5.74) is 0. The molecule has 130 valence electrons.